The molecule has 0 aromatic heterocycles. The summed E-state index contributed by atoms with van der Waals surface area (Å²) in [5.74, 6) is 0.747. The van der Waals surface area contributed by atoms with Crippen molar-refractivity contribution in [1.82, 2.24) is 10.3 Å². The summed E-state index contributed by atoms with van der Waals surface area (Å²) in [4.78, 5) is 14.3. The minimum atomic E-state index is -0.0600. The van der Waals surface area contributed by atoms with Gasteiger partial charge in [-0.1, -0.05) is 11.6 Å². The van der Waals surface area contributed by atoms with Crippen molar-refractivity contribution in [2.24, 2.45) is 5.10 Å². The largest absolute Gasteiger partial charge is 0.493 e. The Morgan fingerprint density at radius 3 is 2.72 bits per heavy atom. The smallest absolute Gasteiger partial charge is 0.240 e. The van der Waals surface area contributed by atoms with Crippen LogP contribution in [-0.4, -0.2) is 42.3 Å². The average Bonchev–Trinajstić information content (AvgIpc) is 2.58. The number of ether oxygens (including phenoxy) is 1. The maximum absolute atomic E-state index is 11.9. The summed E-state index contributed by atoms with van der Waals surface area (Å²) in [5, 5.41) is 4.97. The summed E-state index contributed by atoms with van der Waals surface area (Å²) in [7, 11) is 0. The molecule has 0 bridgehead atoms. The molecule has 1 aliphatic heterocycles. The first-order valence-corrected chi connectivity index (χ1v) is 9.31. The minimum Gasteiger partial charge on any atom is -0.493 e. The summed E-state index contributed by atoms with van der Waals surface area (Å²) < 4.78 is 5.69. The lowest BCUT2D eigenvalue weighted by Crippen LogP contribution is -2.39. The first-order chi connectivity index (χ1) is 12.0. The van der Waals surface area contributed by atoms with E-state index in [2.05, 4.69) is 29.3 Å². The maximum atomic E-state index is 11.9. The number of hydrazone groups is 1. The highest BCUT2D eigenvalue weighted by Crippen LogP contribution is 2.21. The van der Waals surface area contributed by atoms with Gasteiger partial charge in [0.25, 0.3) is 0 Å². The number of nitrogens with one attached hydrogen (secondary N) is 1. The van der Waals surface area contributed by atoms with Gasteiger partial charge < -0.3 is 9.64 Å². The number of carbonyl (C=O) groups is 1. The second-order valence-electron chi connectivity index (χ2n) is 6.70. The normalized spacial score (nSPS) is 15.3. The van der Waals surface area contributed by atoms with Crippen molar-refractivity contribution >= 4 is 23.2 Å². The third kappa shape index (κ3) is 6.67. The molecule has 0 aliphatic carbocycles. The van der Waals surface area contributed by atoms with Crippen molar-refractivity contribution < 1.29 is 9.53 Å². The van der Waals surface area contributed by atoms with E-state index < -0.39 is 0 Å². The Hall–Kier alpha value is -1.59. The molecule has 1 aromatic carbocycles. The van der Waals surface area contributed by atoms with Gasteiger partial charge in [0.2, 0.25) is 5.91 Å². The molecular formula is C19H28ClN3O2. The van der Waals surface area contributed by atoms with Crippen molar-refractivity contribution in [2.75, 3.05) is 19.7 Å². The molecule has 25 heavy (non-hydrogen) atoms. The van der Waals surface area contributed by atoms with Crippen LogP contribution in [0.2, 0.25) is 5.02 Å². The Labute approximate surface area is 155 Å². The minimum absolute atomic E-state index is 0.0600. The Morgan fingerprint density at radius 2 is 2.08 bits per heavy atom. The lowest BCUT2D eigenvalue weighted by molar-refractivity contribution is -0.121. The predicted octanol–water partition coefficient (Wildman–Crippen LogP) is 3.78. The highest BCUT2D eigenvalue weighted by molar-refractivity contribution is 6.30. The first-order valence-electron chi connectivity index (χ1n) is 8.93. The number of hydrogen-bond donors (Lipinski definition) is 1. The third-order valence-electron chi connectivity index (χ3n) is 4.39. The van der Waals surface area contributed by atoms with Crippen LogP contribution in [0.1, 0.15) is 45.1 Å². The van der Waals surface area contributed by atoms with Crippen molar-refractivity contribution in [3.63, 3.8) is 0 Å². The van der Waals surface area contributed by atoms with Crippen LogP contribution in [-0.2, 0) is 4.79 Å². The molecule has 2 rings (SSSR count). The Bertz CT molecular complexity index is 607. The molecule has 5 nitrogen and oxygen atoms in total. The molecule has 6 heteroatoms. The van der Waals surface area contributed by atoms with Crippen molar-refractivity contribution in [1.29, 1.82) is 0 Å². The van der Waals surface area contributed by atoms with E-state index in [1.54, 1.807) is 6.07 Å². The molecule has 1 aliphatic rings. The van der Waals surface area contributed by atoms with E-state index in [9.17, 15) is 4.79 Å². The van der Waals surface area contributed by atoms with Crippen LogP contribution in [0, 0.1) is 6.92 Å². The SMILES string of the molecule is Cc1cc(Cl)ccc1OCCCC(=O)NN=C1CCN(C(C)C)CC1. The number of nitrogens with zero attached hydrogens (tertiary/aromatic N) is 2. The fourth-order valence-corrected chi connectivity index (χ4v) is 3.02. The van der Waals surface area contributed by atoms with Crippen molar-refractivity contribution in [3.05, 3.63) is 28.8 Å². The predicted molar refractivity (Wildman–Crippen MR) is 102 cm³/mol. The number of likely N-dealkylation sites (tertiary alicyclic amines) is 1. The van der Waals surface area contributed by atoms with Gasteiger partial charge in [0, 0.05) is 49.1 Å². The number of halogens is 1. The summed E-state index contributed by atoms with van der Waals surface area (Å²) in [6.45, 7) is 8.89. The van der Waals surface area contributed by atoms with E-state index in [-0.39, 0.29) is 5.91 Å². The molecule has 1 amide bonds. The maximum Gasteiger partial charge on any atom is 0.240 e. The number of hydrogen-bond acceptors (Lipinski definition) is 4. The molecule has 0 atom stereocenters. The summed E-state index contributed by atoms with van der Waals surface area (Å²) in [6.07, 6.45) is 2.91. The fourth-order valence-electron chi connectivity index (χ4n) is 2.80. The fraction of sp³-hybridized carbons (Fsp3) is 0.579. The quantitative estimate of drug-likeness (QED) is 0.591. The van der Waals surface area contributed by atoms with Gasteiger partial charge in [0.15, 0.2) is 0 Å². The summed E-state index contributed by atoms with van der Waals surface area (Å²) in [5.41, 5.74) is 4.75. The number of piperidine rings is 1. The molecular weight excluding hydrogens is 338 g/mol. The van der Waals surface area contributed by atoms with Gasteiger partial charge in [0.1, 0.15) is 5.75 Å². The zero-order chi connectivity index (χ0) is 18.2. The highest BCUT2D eigenvalue weighted by atomic mass is 35.5. The van der Waals surface area contributed by atoms with Gasteiger partial charge in [-0.25, -0.2) is 5.43 Å². The van der Waals surface area contributed by atoms with Gasteiger partial charge in [-0.05, 0) is 51.0 Å². The van der Waals surface area contributed by atoms with Crippen LogP contribution in [0.5, 0.6) is 5.75 Å². The Morgan fingerprint density at radius 1 is 1.36 bits per heavy atom. The number of aryl methyl sites for hydroxylation is 1. The number of carbonyl (C=O) groups excluding carboxylic acids is 1. The molecule has 0 saturated carbocycles. The molecule has 1 heterocycles. The molecule has 1 fully saturated rings. The second kappa shape index (κ2) is 9.78. The van der Waals surface area contributed by atoms with Crippen LogP contribution in [0.3, 0.4) is 0 Å². The molecule has 1 N–H and O–H groups in total. The van der Waals surface area contributed by atoms with Gasteiger partial charge in [-0.15, -0.1) is 0 Å². The van der Waals surface area contributed by atoms with E-state index in [4.69, 9.17) is 16.3 Å². The third-order valence-corrected chi connectivity index (χ3v) is 4.62. The van der Waals surface area contributed by atoms with Crippen LogP contribution in [0.15, 0.2) is 23.3 Å². The number of amides is 1. The molecule has 138 valence electrons. The van der Waals surface area contributed by atoms with Gasteiger partial charge in [0.05, 0.1) is 6.61 Å². The van der Waals surface area contributed by atoms with E-state index in [0.717, 1.165) is 43.0 Å². The molecule has 0 unspecified atom stereocenters. The number of rotatable bonds is 7. The Kier molecular flexibility index (Phi) is 7.72. The topological polar surface area (TPSA) is 53.9 Å². The van der Waals surface area contributed by atoms with Crippen LogP contribution in [0.4, 0.5) is 0 Å². The zero-order valence-electron chi connectivity index (χ0n) is 15.3. The van der Waals surface area contributed by atoms with Crippen molar-refractivity contribution in [3.8, 4) is 5.75 Å². The van der Waals surface area contributed by atoms with Gasteiger partial charge in [-0.2, -0.15) is 5.10 Å². The average molecular weight is 366 g/mol. The molecule has 1 aromatic rings. The molecule has 0 radical (unpaired) electrons. The second-order valence-corrected chi connectivity index (χ2v) is 7.14. The summed E-state index contributed by atoms with van der Waals surface area (Å²) in [6, 6.07) is 6.09. The van der Waals surface area contributed by atoms with Gasteiger partial charge in [-0.3, -0.25) is 4.79 Å². The standard InChI is InChI=1S/C19H28ClN3O2/c1-14(2)23-10-8-17(9-11-23)21-22-19(24)5-4-12-25-18-7-6-16(20)13-15(18)3/h6-7,13-14H,4-5,8-12H2,1-3H3,(H,22,24). The van der Waals surface area contributed by atoms with Crippen LogP contribution in [0.25, 0.3) is 0 Å². The Balaban J connectivity index is 1.63. The van der Waals surface area contributed by atoms with Gasteiger partial charge >= 0.3 is 0 Å². The monoisotopic (exact) mass is 365 g/mol. The first kappa shape index (κ1) is 19.7. The van der Waals surface area contributed by atoms with Crippen LogP contribution >= 0.6 is 11.6 Å². The van der Waals surface area contributed by atoms with Crippen molar-refractivity contribution in [2.45, 2.75) is 52.5 Å². The highest BCUT2D eigenvalue weighted by Gasteiger charge is 2.17. The molecule has 1 saturated heterocycles. The molecule has 0 spiro atoms. The van der Waals surface area contributed by atoms with Crippen LogP contribution < -0.4 is 10.2 Å². The number of benzene rings is 1. The summed E-state index contributed by atoms with van der Waals surface area (Å²) >= 11 is 5.92. The van der Waals surface area contributed by atoms with E-state index >= 15 is 0 Å². The van der Waals surface area contributed by atoms with E-state index in [1.165, 1.54) is 0 Å². The lowest BCUT2D eigenvalue weighted by Gasteiger charge is -2.30. The zero-order valence-corrected chi connectivity index (χ0v) is 16.1. The lowest BCUT2D eigenvalue weighted by atomic mass is 10.1. The van der Waals surface area contributed by atoms with E-state index in [0.29, 0.717) is 30.5 Å². The van der Waals surface area contributed by atoms with E-state index in [1.807, 2.05) is 19.1 Å².